The topological polar surface area (TPSA) is 55.0 Å². The quantitative estimate of drug-likeness (QED) is 0.717. The van der Waals surface area contributed by atoms with Crippen LogP contribution in [0.25, 0.3) is 21.8 Å². The molecule has 0 bridgehead atoms. The van der Waals surface area contributed by atoms with Crippen molar-refractivity contribution in [1.29, 1.82) is 0 Å². The molecular weight excluding hydrogens is 276 g/mol. The largest absolute Gasteiger partial charge is 0.461 e. The molecule has 4 heteroatoms. The fourth-order valence-corrected chi connectivity index (χ4v) is 2.88. The second-order valence-corrected chi connectivity index (χ2v) is 5.37. The molecule has 0 fully saturated rings. The number of nitrogens with zero attached hydrogens (tertiary/aromatic N) is 1. The molecule has 0 amide bonds. The van der Waals surface area contributed by atoms with E-state index in [1.807, 2.05) is 25.1 Å². The molecule has 114 valence electrons. The summed E-state index contributed by atoms with van der Waals surface area (Å²) in [5, 5.41) is 2.23. The van der Waals surface area contributed by atoms with Gasteiger partial charge in [0.15, 0.2) is 5.69 Å². The number of unbranched alkanes of at least 4 members (excludes halogenated alkanes) is 1. The van der Waals surface area contributed by atoms with Gasteiger partial charge in [0.2, 0.25) is 0 Å². The second-order valence-electron chi connectivity index (χ2n) is 5.37. The number of esters is 1. The minimum absolute atomic E-state index is 0.333. The lowest BCUT2D eigenvalue weighted by atomic mass is 10.00. The SMILES string of the molecule is CCCCc1c(C(=O)OCC)ncc2[nH]c3ccccc3c12. The van der Waals surface area contributed by atoms with Gasteiger partial charge in [0, 0.05) is 16.3 Å². The number of aromatic nitrogens is 2. The number of carbonyl (C=O) groups excluding carboxylic acids is 1. The number of carbonyl (C=O) groups is 1. The molecule has 0 aliphatic heterocycles. The number of para-hydroxylation sites is 1. The Hall–Kier alpha value is -2.36. The van der Waals surface area contributed by atoms with Crippen LogP contribution >= 0.6 is 0 Å². The van der Waals surface area contributed by atoms with Crippen molar-refractivity contribution in [3.63, 3.8) is 0 Å². The maximum Gasteiger partial charge on any atom is 0.357 e. The summed E-state index contributed by atoms with van der Waals surface area (Å²) in [4.78, 5) is 20.0. The van der Waals surface area contributed by atoms with Crippen LogP contribution in [0.15, 0.2) is 30.5 Å². The van der Waals surface area contributed by atoms with Crippen LogP contribution in [0.4, 0.5) is 0 Å². The lowest BCUT2D eigenvalue weighted by Gasteiger charge is -2.09. The number of H-pyrrole nitrogens is 1. The van der Waals surface area contributed by atoms with E-state index in [0.717, 1.165) is 46.6 Å². The number of nitrogens with one attached hydrogen (secondary N) is 1. The first kappa shape index (κ1) is 14.6. The van der Waals surface area contributed by atoms with Gasteiger partial charge in [-0.3, -0.25) is 0 Å². The molecule has 0 aliphatic carbocycles. The highest BCUT2D eigenvalue weighted by Crippen LogP contribution is 2.30. The van der Waals surface area contributed by atoms with E-state index < -0.39 is 0 Å². The van der Waals surface area contributed by atoms with Crippen molar-refractivity contribution >= 4 is 27.8 Å². The number of aromatic amines is 1. The first-order valence-electron chi connectivity index (χ1n) is 7.81. The molecule has 2 heterocycles. The van der Waals surface area contributed by atoms with Crippen molar-refractivity contribution in [1.82, 2.24) is 9.97 Å². The van der Waals surface area contributed by atoms with Crippen LogP contribution in [0.1, 0.15) is 42.7 Å². The van der Waals surface area contributed by atoms with Crippen molar-refractivity contribution in [3.8, 4) is 0 Å². The van der Waals surface area contributed by atoms with Crippen LogP contribution in [0.3, 0.4) is 0 Å². The normalized spacial score (nSPS) is 11.2. The van der Waals surface area contributed by atoms with Crippen LogP contribution in [-0.4, -0.2) is 22.5 Å². The third-order valence-corrected chi connectivity index (χ3v) is 3.89. The van der Waals surface area contributed by atoms with Gasteiger partial charge in [-0.25, -0.2) is 9.78 Å². The number of aryl methyl sites for hydroxylation is 1. The van der Waals surface area contributed by atoms with E-state index in [2.05, 4.69) is 23.0 Å². The fraction of sp³-hybridized carbons (Fsp3) is 0.333. The van der Waals surface area contributed by atoms with Crippen molar-refractivity contribution in [3.05, 3.63) is 41.7 Å². The Bertz CT molecular complexity index is 820. The molecule has 0 unspecified atom stereocenters. The lowest BCUT2D eigenvalue weighted by molar-refractivity contribution is 0.0518. The number of ether oxygens (including phenoxy) is 1. The van der Waals surface area contributed by atoms with Gasteiger partial charge >= 0.3 is 5.97 Å². The third kappa shape index (κ3) is 2.45. The number of fused-ring (bicyclic) bond motifs is 3. The van der Waals surface area contributed by atoms with Gasteiger partial charge < -0.3 is 9.72 Å². The zero-order valence-electron chi connectivity index (χ0n) is 13.0. The van der Waals surface area contributed by atoms with E-state index >= 15 is 0 Å². The molecule has 3 rings (SSSR count). The zero-order valence-corrected chi connectivity index (χ0v) is 13.0. The van der Waals surface area contributed by atoms with Crippen LogP contribution < -0.4 is 0 Å². The van der Waals surface area contributed by atoms with Crippen molar-refractivity contribution in [2.24, 2.45) is 0 Å². The van der Waals surface area contributed by atoms with Crippen molar-refractivity contribution < 1.29 is 9.53 Å². The molecule has 1 N–H and O–H groups in total. The van der Waals surface area contributed by atoms with E-state index in [1.165, 1.54) is 0 Å². The van der Waals surface area contributed by atoms with E-state index in [0.29, 0.717) is 12.3 Å². The van der Waals surface area contributed by atoms with E-state index in [-0.39, 0.29) is 5.97 Å². The maximum absolute atomic E-state index is 12.2. The fourth-order valence-electron chi connectivity index (χ4n) is 2.88. The molecule has 2 aromatic heterocycles. The summed E-state index contributed by atoms with van der Waals surface area (Å²) in [5.74, 6) is -0.333. The molecule has 22 heavy (non-hydrogen) atoms. The summed E-state index contributed by atoms with van der Waals surface area (Å²) in [7, 11) is 0. The van der Waals surface area contributed by atoms with Gasteiger partial charge in [-0.2, -0.15) is 0 Å². The van der Waals surface area contributed by atoms with Gasteiger partial charge in [-0.15, -0.1) is 0 Å². The Morgan fingerprint density at radius 2 is 2.05 bits per heavy atom. The number of benzene rings is 1. The standard InChI is InChI=1S/C18H20N2O2/c1-3-5-8-13-16-12-9-6-7-10-14(12)20-15(16)11-19-17(13)18(21)22-4-2/h6-7,9-11,20H,3-5,8H2,1-2H3. The highest BCUT2D eigenvalue weighted by molar-refractivity contribution is 6.11. The van der Waals surface area contributed by atoms with Gasteiger partial charge in [0.25, 0.3) is 0 Å². The molecule has 4 nitrogen and oxygen atoms in total. The second kappa shape index (κ2) is 6.18. The smallest absolute Gasteiger partial charge is 0.357 e. The first-order valence-corrected chi connectivity index (χ1v) is 7.81. The van der Waals surface area contributed by atoms with Crippen molar-refractivity contribution in [2.45, 2.75) is 33.1 Å². The Labute approximate surface area is 129 Å². The Balaban J connectivity index is 2.27. The minimum atomic E-state index is -0.333. The van der Waals surface area contributed by atoms with Gasteiger partial charge in [-0.1, -0.05) is 31.5 Å². The number of pyridine rings is 1. The lowest BCUT2D eigenvalue weighted by Crippen LogP contribution is -2.11. The minimum Gasteiger partial charge on any atom is -0.461 e. The molecule has 0 saturated heterocycles. The summed E-state index contributed by atoms with van der Waals surface area (Å²) < 4.78 is 5.17. The molecule has 0 atom stereocenters. The van der Waals surface area contributed by atoms with Crippen LogP contribution in [0.2, 0.25) is 0 Å². The highest BCUT2D eigenvalue weighted by atomic mass is 16.5. The number of hydrogen-bond donors (Lipinski definition) is 1. The van der Waals surface area contributed by atoms with Crippen molar-refractivity contribution in [2.75, 3.05) is 6.61 Å². The van der Waals surface area contributed by atoms with Crippen LogP contribution in [0, 0.1) is 0 Å². The van der Waals surface area contributed by atoms with Gasteiger partial charge in [0.05, 0.1) is 18.3 Å². The maximum atomic E-state index is 12.2. The average molecular weight is 296 g/mol. The summed E-state index contributed by atoms with van der Waals surface area (Å²) >= 11 is 0. The molecule has 1 aromatic carbocycles. The molecule has 0 spiro atoms. The van der Waals surface area contributed by atoms with E-state index in [9.17, 15) is 4.79 Å². The highest BCUT2D eigenvalue weighted by Gasteiger charge is 2.19. The molecule has 0 radical (unpaired) electrons. The zero-order chi connectivity index (χ0) is 15.5. The molecular formula is C18H20N2O2. The monoisotopic (exact) mass is 296 g/mol. The number of rotatable bonds is 5. The first-order chi connectivity index (χ1) is 10.8. The number of hydrogen-bond acceptors (Lipinski definition) is 3. The van der Waals surface area contributed by atoms with Crippen LogP contribution in [-0.2, 0) is 11.2 Å². The Morgan fingerprint density at radius 3 is 2.82 bits per heavy atom. The molecule has 0 aliphatic rings. The Kier molecular flexibility index (Phi) is 4.09. The predicted octanol–water partition coefficient (Wildman–Crippen LogP) is 4.24. The Morgan fingerprint density at radius 1 is 1.23 bits per heavy atom. The summed E-state index contributed by atoms with van der Waals surface area (Å²) in [5.41, 5.74) is 3.49. The van der Waals surface area contributed by atoms with E-state index in [4.69, 9.17) is 4.74 Å². The molecule has 0 saturated carbocycles. The third-order valence-electron chi connectivity index (χ3n) is 3.89. The average Bonchev–Trinajstić information content (AvgIpc) is 2.91. The van der Waals surface area contributed by atoms with E-state index in [1.54, 1.807) is 6.20 Å². The summed E-state index contributed by atoms with van der Waals surface area (Å²) in [6.07, 6.45) is 4.65. The predicted molar refractivity (Wildman–Crippen MR) is 88.2 cm³/mol. The van der Waals surface area contributed by atoms with Gasteiger partial charge in [0.1, 0.15) is 0 Å². The molecule has 3 aromatic rings. The summed E-state index contributed by atoms with van der Waals surface area (Å²) in [6, 6.07) is 8.15. The van der Waals surface area contributed by atoms with Gasteiger partial charge in [-0.05, 0) is 31.4 Å². The van der Waals surface area contributed by atoms with Crippen LogP contribution in [0.5, 0.6) is 0 Å². The summed E-state index contributed by atoms with van der Waals surface area (Å²) in [6.45, 7) is 4.32.